The number of amides is 1. The van der Waals surface area contributed by atoms with Crippen LogP contribution in [-0.4, -0.2) is 62.0 Å². The van der Waals surface area contributed by atoms with Gasteiger partial charge in [-0.25, -0.2) is 4.79 Å². The Morgan fingerprint density at radius 3 is 1.57 bits per heavy atom. The van der Waals surface area contributed by atoms with Crippen molar-refractivity contribution in [3.8, 4) is 0 Å². The molecule has 5 rings (SSSR count). The molecule has 0 aromatic heterocycles. The second-order valence-electron chi connectivity index (χ2n) is 11.8. The summed E-state index contributed by atoms with van der Waals surface area (Å²) in [6, 6.07) is 8.02. The monoisotopic (exact) mass is 702 g/mol. The molecule has 2 atom stereocenters. The number of carbonyl (C=O) groups excluding carboxylic acids is 5. The third-order valence-corrected chi connectivity index (χ3v) is 8.74. The second-order valence-corrected chi connectivity index (χ2v) is 12.7. The fourth-order valence-electron chi connectivity index (χ4n) is 6.70. The number of esters is 4. The summed E-state index contributed by atoms with van der Waals surface area (Å²) in [5.41, 5.74) is 2.43. The first-order chi connectivity index (χ1) is 21.7. The largest absolute Gasteiger partial charge is 0.465 e. The van der Waals surface area contributed by atoms with E-state index in [4.69, 9.17) is 29.4 Å². The summed E-state index contributed by atoms with van der Waals surface area (Å²) in [7, 11) is 0. The molecule has 2 aromatic carbocycles. The molecular formula is C33H39BrN2O10. The number of nitrogens with two attached hydrogens (primary N) is 1. The normalized spacial score (nSPS) is 18.3. The number of hydrogen-bond acceptors (Lipinski definition) is 11. The minimum Gasteiger partial charge on any atom is -0.465 e. The van der Waals surface area contributed by atoms with Crippen molar-refractivity contribution in [2.75, 3.05) is 37.5 Å². The van der Waals surface area contributed by atoms with Crippen LogP contribution in [0.5, 0.6) is 0 Å². The van der Waals surface area contributed by atoms with Gasteiger partial charge in [0.25, 0.3) is 0 Å². The van der Waals surface area contributed by atoms with Crippen molar-refractivity contribution < 1.29 is 47.7 Å². The lowest BCUT2D eigenvalue weighted by Gasteiger charge is -2.58. The Hall–Kier alpha value is -4.13. The zero-order chi connectivity index (χ0) is 34.2. The molecule has 0 unspecified atom stereocenters. The van der Waals surface area contributed by atoms with Crippen molar-refractivity contribution >= 4 is 57.3 Å². The fourth-order valence-corrected chi connectivity index (χ4v) is 7.06. The van der Waals surface area contributed by atoms with Gasteiger partial charge in [0.15, 0.2) is 0 Å². The highest BCUT2D eigenvalue weighted by Gasteiger charge is 2.83. The van der Waals surface area contributed by atoms with Crippen molar-refractivity contribution in [3.63, 3.8) is 0 Å². The molecule has 0 spiro atoms. The average Bonchev–Trinajstić information content (AvgIpc) is 2.96. The standard InChI is InChI=1S/C33H39BrN2O10/c1-8-42-26(37)32(27(38)43-9-2)24-18-13-12-17(36-30(41)46-31(5,6)7)14-19(18)25(20-15-22(34)23(35)16-21(20)24)33(32,28(39)44-10-3)29(40)45-11-4/h12-16,24-25H,8-11,35H2,1-7H3,(H,36,41)/t24-,25+/m0/s1. The van der Waals surface area contributed by atoms with E-state index in [0.29, 0.717) is 26.7 Å². The number of hydrogen-bond donors (Lipinski definition) is 2. The SMILES string of the molecule is CCOC(=O)C1(C(=O)OCC)[C@@H]2c3cc(NC(=O)OC(C)(C)C)ccc3[C@@H](c3cc(N)c(Br)cc32)C1(C(=O)OCC)C(=O)OCC. The molecule has 13 heteroatoms. The first-order valence-corrected chi connectivity index (χ1v) is 15.9. The zero-order valence-electron chi connectivity index (χ0n) is 26.9. The summed E-state index contributed by atoms with van der Waals surface area (Å²) in [4.78, 5) is 71.0. The highest BCUT2D eigenvalue weighted by Crippen LogP contribution is 2.72. The quantitative estimate of drug-likeness (QED) is 0.153. The number of carbonyl (C=O) groups is 5. The van der Waals surface area contributed by atoms with Crippen LogP contribution < -0.4 is 11.1 Å². The molecule has 0 saturated carbocycles. The summed E-state index contributed by atoms with van der Waals surface area (Å²) < 4.78 is 28.1. The minimum absolute atomic E-state index is 0.181. The van der Waals surface area contributed by atoms with E-state index < -0.39 is 58.2 Å². The summed E-state index contributed by atoms with van der Waals surface area (Å²) in [5.74, 6) is -7.35. The highest BCUT2D eigenvalue weighted by atomic mass is 79.9. The lowest BCUT2D eigenvalue weighted by Crippen LogP contribution is -2.71. The van der Waals surface area contributed by atoms with Gasteiger partial charge in [-0.15, -0.1) is 0 Å². The molecule has 0 heterocycles. The van der Waals surface area contributed by atoms with Gasteiger partial charge in [-0.3, -0.25) is 24.5 Å². The summed E-state index contributed by atoms with van der Waals surface area (Å²) in [6.07, 6.45) is -0.737. The molecular weight excluding hydrogens is 664 g/mol. The van der Waals surface area contributed by atoms with Gasteiger partial charge in [0, 0.05) is 27.7 Å². The van der Waals surface area contributed by atoms with Crippen LogP contribution in [0.3, 0.4) is 0 Å². The smallest absolute Gasteiger partial charge is 0.412 e. The van der Waals surface area contributed by atoms with Crippen molar-refractivity contribution in [2.24, 2.45) is 10.8 Å². The van der Waals surface area contributed by atoms with E-state index in [1.54, 1.807) is 65.0 Å². The Labute approximate surface area is 275 Å². The van der Waals surface area contributed by atoms with Crippen LogP contribution in [0.2, 0.25) is 0 Å². The maximum Gasteiger partial charge on any atom is 0.412 e. The third-order valence-electron chi connectivity index (χ3n) is 8.06. The second kappa shape index (κ2) is 12.9. The van der Waals surface area contributed by atoms with Crippen LogP contribution in [0.1, 0.15) is 82.6 Å². The molecule has 0 radical (unpaired) electrons. The number of benzene rings is 2. The Bertz CT molecular complexity index is 1540. The summed E-state index contributed by atoms with van der Waals surface area (Å²) in [6.45, 7) is 10.6. The number of fused-ring (bicyclic) bond motifs is 1. The Balaban J connectivity index is 2.22. The van der Waals surface area contributed by atoms with Crippen LogP contribution >= 0.6 is 15.9 Å². The van der Waals surface area contributed by atoms with Gasteiger partial charge < -0.3 is 29.4 Å². The van der Waals surface area contributed by atoms with Gasteiger partial charge in [-0.1, -0.05) is 6.07 Å². The van der Waals surface area contributed by atoms with Gasteiger partial charge in [0.2, 0.25) is 10.8 Å². The van der Waals surface area contributed by atoms with Gasteiger partial charge >= 0.3 is 30.0 Å². The lowest BCUT2D eigenvalue weighted by molar-refractivity contribution is -0.210. The number of halogens is 1. The van der Waals surface area contributed by atoms with E-state index in [0.717, 1.165) is 0 Å². The van der Waals surface area contributed by atoms with E-state index in [-0.39, 0.29) is 37.8 Å². The molecule has 12 nitrogen and oxygen atoms in total. The molecule has 3 aliphatic rings. The molecule has 46 heavy (non-hydrogen) atoms. The van der Waals surface area contributed by atoms with Crippen LogP contribution in [-0.2, 0) is 42.9 Å². The molecule has 0 aliphatic heterocycles. The van der Waals surface area contributed by atoms with Gasteiger partial charge in [-0.2, -0.15) is 0 Å². The molecule has 1 amide bonds. The molecule has 2 bridgehead atoms. The van der Waals surface area contributed by atoms with Gasteiger partial charge in [0.1, 0.15) is 5.60 Å². The highest BCUT2D eigenvalue weighted by molar-refractivity contribution is 9.10. The number of ether oxygens (including phenoxy) is 5. The van der Waals surface area contributed by atoms with Crippen molar-refractivity contribution in [3.05, 3.63) is 57.1 Å². The maximum absolute atomic E-state index is 14.6. The molecule has 0 fully saturated rings. The Morgan fingerprint density at radius 2 is 1.13 bits per heavy atom. The van der Waals surface area contributed by atoms with E-state index in [1.165, 1.54) is 13.8 Å². The van der Waals surface area contributed by atoms with Crippen molar-refractivity contribution in [2.45, 2.75) is 65.9 Å². The summed E-state index contributed by atoms with van der Waals surface area (Å²) in [5, 5.41) is 2.69. The predicted octanol–water partition coefficient (Wildman–Crippen LogP) is 5.19. The zero-order valence-corrected chi connectivity index (χ0v) is 28.5. The first kappa shape index (κ1) is 34.7. The first-order valence-electron chi connectivity index (χ1n) is 15.1. The van der Waals surface area contributed by atoms with Crippen LogP contribution in [0, 0.1) is 10.8 Å². The average molecular weight is 704 g/mol. The number of nitrogen functional groups attached to an aromatic ring is 1. The van der Waals surface area contributed by atoms with Crippen molar-refractivity contribution in [1.82, 2.24) is 0 Å². The molecule has 3 aliphatic carbocycles. The van der Waals surface area contributed by atoms with E-state index in [1.807, 2.05) is 0 Å². The van der Waals surface area contributed by atoms with Gasteiger partial charge in [-0.05, 0) is 111 Å². The van der Waals surface area contributed by atoms with E-state index in [9.17, 15) is 24.0 Å². The van der Waals surface area contributed by atoms with E-state index in [2.05, 4.69) is 21.2 Å². The number of anilines is 2. The minimum atomic E-state index is -2.66. The Kier molecular flexibility index (Phi) is 9.77. The lowest BCUT2D eigenvalue weighted by atomic mass is 9.39. The molecule has 2 aromatic rings. The maximum atomic E-state index is 14.6. The third kappa shape index (κ3) is 5.27. The predicted molar refractivity (Wildman–Crippen MR) is 170 cm³/mol. The van der Waals surface area contributed by atoms with Gasteiger partial charge in [0.05, 0.1) is 26.4 Å². The topological polar surface area (TPSA) is 170 Å². The van der Waals surface area contributed by atoms with Crippen LogP contribution in [0.4, 0.5) is 16.2 Å². The summed E-state index contributed by atoms with van der Waals surface area (Å²) >= 11 is 3.46. The fraction of sp³-hybridized carbons (Fsp3) is 0.485. The van der Waals surface area contributed by atoms with Crippen molar-refractivity contribution in [1.29, 1.82) is 0 Å². The molecule has 3 N–H and O–H groups in total. The molecule has 248 valence electrons. The molecule has 0 saturated heterocycles. The van der Waals surface area contributed by atoms with E-state index >= 15 is 0 Å². The van der Waals surface area contributed by atoms with Crippen LogP contribution in [0.25, 0.3) is 0 Å². The Morgan fingerprint density at radius 1 is 0.717 bits per heavy atom. The number of nitrogens with one attached hydrogen (secondary N) is 1. The number of rotatable bonds is 9. The van der Waals surface area contributed by atoms with Crippen LogP contribution in [0.15, 0.2) is 34.8 Å².